The molecule has 0 aliphatic carbocycles. The monoisotopic (exact) mass is 261 g/mol. The Morgan fingerprint density at radius 2 is 1.44 bits per heavy atom. The predicted molar refractivity (Wildman–Crippen MR) is 81.4 cm³/mol. The Labute approximate surface area is 111 Å². The van der Waals surface area contributed by atoms with Crippen molar-refractivity contribution in [1.29, 1.82) is 0 Å². The van der Waals surface area contributed by atoms with Crippen LogP contribution in [0.25, 0.3) is 0 Å². The molecular formula is C13H27NS2. The standard InChI is InChI=1S/C13H27NS2/c1-4-5-6-7-8-9-10-11-12-16-13(15)14(2)3/h4-12H2,1-3H3. The SMILES string of the molecule is CCCCCCCCCCSC(=S)N(C)C. The minimum absolute atomic E-state index is 1.02. The maximum absolute atomic E-state index is 5.22. The second kappa shape index (κ2) is 11.7. The number of hydrogen-bond acceptors (Lipinski definition) is 2. The van der Waals surface area contributed by atoms with Crippen LogP contribution in [0.3, 0.4) is 0 Å². The Bertz CT molecular complexity index is 169. The Morgan fingerprint density at radius 3 is 1.94 bits per heavy atom. The van der Waals surface area contributed by atoms with Crippen LogP contribution in [0.5, 0.6) is 0 Å². The number of unbranched alkanes of at least 4 members (excludes halogenated alkanes) is 7. The molecule has 0 saturated heterocycles. The molecule has 0 aliphatic rings. The number of thiocarbonyl (C=S) groups is 1. The molecule has 16 heavy (non-hydrogen) atoms. The lowest BCUT2D eigenvalue weighted by Crippen LogP contribution is -2.16. The van der Waals surface area contributed by atoms with E-state index in [1.54, 1.807) is 0 Å². The molecule has 0 radical (unpaired) electrons. The highest BCUT2D eigenvalue weighted by atomic mass is 32.2. The van der Waals surface area contributed by atoms with Crippen molar-refractivity contribution >= 4 is 28.3 Å². The van der Waals surface area contributed by atoms with Crippen LogP contribution in [0.2, 0.25) is 0 Å². The van der Waals surface area contributed by atoms with Crippen LogP contribution in [0.4, 0.5) is 0 Å². The Morgan fingerprint density at radius 1 is 0.938 bits per heavy atom. The second-order valence-corrected chi connectivity index (χ2v) is 6.21. The summed E-state index contributed by atoms with van der Waals surface area (Å²) in [5, 5.41) is 0. The maximum atomic E-state index is 5.22. The van der Waals surface area contributed by atoms with E-state index in [1.807, 2.05) is 30.8 Å². The lowest BCUT2D eigenvalue weighted by atomic mass is 10.1. The highest BCUT2D eigenvalue weighted by Crippen LogP contribution is 2.13. The van der Waals surface area contributed by atoms with Gasteiger partial charge in [-0.1, -0.05) is 75.8 Å². The van der Waals surface area contributed by atoms with Gasteiger partial charge >= 0.3 is 0 Å². The van der Waals surface area contributed by atoms with E-state index in [-0.39, 0.29) is 0 Å². The van der Waals surface area contributed by atoms with Gasteiger partial charge < -0.3 is 4.90 Å². The first-order chi connectivity index (χ1) is 7.68. The van der Waals surface area contributed by atoms with Crippen molar-refractivity contribution in [2.45, 2.75) is 58.3 Å². The van der Waals surface area contributed by atoms with Gasteiger partial charge in [-0.05, 0) is 6.42 Å². The lowest BCUT2D eigenvalue weighted by molar-refractivity contribution is 0.586. The Balaban J connectivity index is 3.07. The van der Waals surface area contributed by atoms with Gasteiger partial charge in [-0.15, -0.1) is 0 Å². The molecule has 0 amide bonds. The molecule has 0 aromatic heterocycles. The molecule has 0 bridgehead atoms. The molecule has 0 heterocycles. The van der Waals surface area contributed by atoms with Crippen LogP contribution in [-0.2, 0) is 0 Å². The zero-order valence-corrected chi connectivity index (χ0v) is 12.8. The van der Waals surface area contributed by atoms with Crippen LogP contribution in [0, 0.1) is 0 Å². The molecule has 0 fully saturated rings. The maximum Gasteiger partial charge on any atom is 0.135 e. The summed E-state index contributed by atoms with van der Waals surface area (Å²) in [6.07, 6.45) is 11.1. The first kappa shape index (κ1) is 16.2. The quantitative estimate of drug-likeness (QED) is 0.437. The topological polar surface area (TPSA) is 3.24 Å². The van der Waals surface area contributed by atoms with Crippen LogP contribution in [0.15, 0.2) is 0 Å². The van der Waals surface area contributed by atoms with E-state index in [0.717, 1.165) is 4.32 Å². The molecule has 0 aromatic rings. The van der Waals surface area contributed by atoms with Gasteiger partial charge in [0, 0.05) is 19.8 Å². The first-order valence-electron chi connectivity index (χ1n) is 6.52. The summed E-state index contributed by atoms with van der Waals surface area (Å²) in [5.74, 6) is 1.19. The minimum Gasteiger partial charge on any atom is -0.364 e. The first-order valence-corrected chi connectivity index (χ1v) is 7.92. The van der Waals surface area contributed by atoms with Crippen molar-refractivity contribution in [3.05, 3.63) is 0 Å². The van der Waals surface area contributed by atoms with E-state index in [4.69, 9.17) is 12.2 Å². The van der Waals surface area contributed by atoms with Crippen molar-refractivity contribution in [2.75, 3.05) is 19.8 Å². The fourth-order valence-corrected chi connectivity index (χ4v) is 2.56. The van der Waals surface area contributed by atoms with Crippen molar-refractivity contribution < 1.29 is 0 Å². The summed E-state index contributed by atoms with van der Waals surface area (Å²) in [6, 6.07) is 0. The summed E-state index contributed by atoms with van der Waals surface area (Å²) < 4.78 is 1.02. The summed E-state index contributed by atoms with van der Waals surface area (Å²) in [6.45, 7) is 2.27. The lowest BCUT2D eigenvalue weighted by Gasteiger charge is -2.12. The zero-order valence-electron chi connectivity index (χ0n) is 11.1. The van der Waals surface area contributed by atoms with Gasteiger partial charge in [0.25, 0.3) is 0 Å². The third-order valence-electron chi connectivity index (χ3n) is 2.59. The minimum atomic E-state index is 1.02. The smallest absolute Gasteiger partial charge is 0.135 e. The number of thioether (sulfide) groups is 1. The molecule has 0 N–H and O–H groups in total. The van der Waals surface area contributed by atoms with Gasteiger partial charge in [0.2, 0.25) is 0 Å². The van der Waals surface area contributed by atoms with Gasteiger partial charge in [0.1, 0.15) is 4.32 Å². The molecule has 0 saturated carbocycles. The van der Waals surface area contributed by atoms with Gasteiger partial charge in [-0.3, -0.25) is 0 Å². The molecule has 0 rings (SSSR count). The average Bonchev–Trinajstić information content (AvgIpc) is 2.26. The van der Waals surface area contributed by atoms with Gasteiger partial charge in [-0.25, -0.2) is 0 Å². The van der Waals surface area contributed by atoms with Crippen molar-refractivity contribution in [2.24, 2.45) is 0 Å². The van der Waals surface area contributed by atoms with Gasteiger partial charge in [0.05, 0.1) is 0 Å². The van der Waals surface area contributed by atoms with Gasteiger partial charge in [0.15, 0.2) is 0 Å². The molecular weight excluding hydrogens is 234 g/mol. The summed E-state index contributed by atoms with van der Waals surface area (Å²) in [5.41, 5.74) is 0. The molecule has 0 atom stereocenters. The van der Waals surface area contributed by atoms with E-state index in [0.29, 0.717) is 0 Å². The largest absolute Gasteiger partial charge is 0.364 e. The zero-order chi connectivity index (χ0) is 12.2. The highest BCUT2D eigenvalue weighted by molar-refractivity contribution is 8.22. The number of rotatable bonds is 9. The van der Waals surface area contributed by atoms with E-state index >= 15 is 0 Å². The summed E-state index contributed by atoms with van der Waals surface area (Å²) >= 11 is 7.03. The summed E-state index contributed by atoms with van der Waals surface area (Å²) in [4.78, 5) is 2.02. The average molecular weight is 262 g/mol. The highest BCUT2D eigenvalue weighted by Gasteiger charge is 1.98. The molecule has 0 spiro atoms. The van der Waals surface area contributed by atoms with Crippen molar-refractivity contribution in [3.8, 4) is 0 Å². The van der Waals surface area contributed by atoms with E-state index in [1.165, 1.54) is 57.1 Å². The predicted octanol–water partition coefficient (Wildman–Crippen LogP) is 4.71. The third-order valence-corrected chi connectivity index (χ3v) is 4.41. The van der Waals surface area contributed by atoms with E-state index in [9.17, 15) is 0 Å². The van der Waals surface area contributed by atoms with Crippen LogP contribution < -0.4 is 0 Å². The third kappa shape index (κ3) is 10.7. The fraction of sp³-hybridized carbons (Fsp3) is 0.923. The normalized spacial score (nSPS) is 10.4. The Hall–Kier alpha value is 0.240. The molecule has 0 aromatic carbocycles. The van der Waals surface area contributed by atoms with Crippen LogP contribution in [-0.4, -0.2) is 29.1 Å². The van der Waals surface area contributed by atoms with Crippen LogP contribution >= 0.6 is 24.0 Å². The van der Waals surface area contributed by atoms with E-state index in [2.05, 4.69) is 6.92 Å². The van der Waals surface area contributed by atoms with Crippen LogP contribution in [0.1, 0.15) is 58.3 Å². The molecule has 1 nitrogen and oxygen atoms in total. The molecule has 0 unspecified atom stereocenters. The van der Waals surface area contributed by atoms with Crippen molar-refractivity contribution in [3.63, 3.8) is 0 Å². The van der Waals surface area contributed by atoms with Gasteiger partial charge in [-0.2, -0.15) is 0 Å². The number of hydrogen-bond donors (Lipinski definition) is 0. The summed E-state index contributed by atoms with van der Waals surface area (Å²) in [7, 11) is 4.03. The number of nitrogens with zero attached hydrogens (tertiary/aromatic N) is 1. The van der Waals surface area contributed by atoms with Crippen molar-refractivity contribution in [1.82, 2.24) is 4.90 Å². The van der Waals surface area contributed by atoms with E-state index < -0.39 is 0 Å². The molecule has 0 aliphatic heterocycles. The fourth-order valence-electron chi connectivity index (χ4n) is 1.52. The molecule has 96 valence electrons. The second-order valence-electron chi connectivity index (χ2n) is 4.48. The molecule has 3 heteroatoms. The Kier molecular flexibility index (Phi) is 11.9.